The highest BCUT2D eigenvalue weighted by Gasteiger charge is 2.35. The predicted octanol–water partition coefficient (Wildman–Crippen LogP) is 1.03. The summed E-state index contributed by atoms with van der Waals surface area (Å²) in [6, 6.07) is 8.56. The van der Waals surface area contributed by atoms with E-state index in [0.717, 1.165) is 16.0 Å². The minimum atomic E-state index is -0.870. The average molecular weight is 386 g/mol. The minimum absolute atomic E-state index is 0.0958. The average Bonchev–Trinajstić information content (AvgIpc) is 3.21. The Morgan fingerprint density at radius 3 is 2.61 bits per heavy atom. The number of aromatic nitrogens is 1. The highest BCUT2D eigenvalue weighted by atomic mass is 16.5. The van der Waals surface area contributed by atoms with Crippen LogP contribution in [0.25, 0.3) is 11.3 Å². The Balaban J connectivity index is 1.48. The van der Waals surface area contributed by atoms with E-state index in [-0.39, 0.29) is 12.4 Å². The van der Waals surface area contributed by atoms with Crippen molar-refractivity contribution in [1.29, 1.82) is 0 Å². The molecule has 0 atom stereocenters. The van der Waals surface area contributed by atoms with Gasteiger partial charge in [0.2, 0.25) is 5.88 Å². The number of hydrogen-bond donors (Lipinski definition) is 1. The van der Waals surface area contributed by atoms with Gasteiger partial charge in [0.05, 0.1) is 0 Å². The Morgan fingerprint density at radius 2 is 1.96 bits per heavy atom. The lowest BCUT2D eigenvalue weighted by molar-refractivity contribution is -0.149. The number of urea groups is 1. The number of anilines is 1. The molecule has 1 saturated heterocycles. The molecular weight excluding hydrogens is 368 g/mol. The summed E-state index contributed by atoms with van der Waals surface area (Å²) in [5.74, 6) is -1.91. The van der Waals surface area contributed by atoms with Gasteiger partial charge in [0.1, 0.15) is 18.8 Å². The Hall–Kier alpha value is -3.69. The number of likely N-dealkylation sites (N-methyl/N-ethyl adjacent to an activating group) is 1. The number of esters is 1. The molecule has 0 spiro atoms. The third-order valence-electron chi connectivity index (χ3n) is 4.00. The van der Waals surface area contributed by atoms with Gasteiger partial charge in [-0.2, -0.15) is 0 Å². The number of carbonyl (C=O) groups is 4. The predicted molar refractivity (Wildman–Crippen MR) is 96.0 cm³/mol. The van der Waals surface area contributed by atoms with Crippen LogP contribution in [0.5, 0.6) is 0 Å². The minimum Gasteiger partial charge on any atom is -0.454 e. The third kappa shape index (κ3) is 4.34. The maximum atomic E-state index is 11.9. The molecular formula is C18H18N4O6. The van der Waals surface area contributed by atoms with Gasteiger partial charge in [-0.25, -0.2) is 4.79 Å². The van der Waals surface area contributed by atoms with Crippen LogP contribution in [-0.4, -0.2) is 65.5 Å². The first-order chi connectivity index (χ1) is 13.3. The molecule has 146 valence electrons. The van der Waals surface area contributed by atoms with E-state index in [0.29, 0.717) is 5.69 Å². The number of imide groups is 1. The molecule has 1 aromatic carbocycles. The van der Waals surface area contributed by atoms with Crippen LogP contribution in [0.3, 0.4) is 0 Å². The number of rotatable bonds is 6. The number of aryl methyl sites for hydroxylation is 1. The van der Waals surface area contributed by atoms with Crippen LogP contribution in [0, 0.1) is 6.92 Å². The normalized spacial score (nSPS) is 13.8. The van der Waals surface area contributed by atoms with Crippen molar-refractivity contribution in [1.82, 2.24) is 15.0 Å². The van der Waals surface area contributed by atoms with E-state index in [4.69, 9.17) is 9.26 Å². The van der Waals surface area contributed by atoms with Gasteiger partial charge in [0, 0.05) is 18.7 Å². The first-order valence-electron chi connectivity index (χ1n) is 8.38. The highest BCUT2D eigenvalue weighted by molar-refractivity contribution is 6.04. The van der Waals surface area contributed by atoms with Crippen molar-refractivity contribution in [2.24, 2.45) is 0 Å². The zero-order valence-electron chi connectivity index (χ0n) is 15.3. The van der Waals surface area contributed by atoms with Crippen LogP contribution < -0.4 is 5.32 Å². The highest BCUT2D eigenvalue weighted by Crippen LogP contribution is 2.22. The fourth-order valence-electron chi connectivity index (χ4n) is 2.51. The molecule has 0 unspecified atom stereocenters. The molecule has 10 heteroatoms. The lowest BCUT2D eigenvalue weighted by Crippen LogP contribution is -2.37. The second-order valence-electron chi connectivity index (χ2n) is 6.27. The number of amides is 4. The van der Waals surface area contributed by atoms with Gasteiger partial charge < -0.3 is 14.2 Å². The van der Waals surface area contributed by atoms with Crippen LogP contribution in [0.2, 0.25) is 0 Å². The standard InChI is InChI=1S/C18H18N4O6/c1-11-3-5-12(6-4-11)13-7-15(28-20-13)19-14(23)10-27-17(25)9-22-16(24)8-21(2)18(22)26/h3-7H,8-10H2,1-2H3,(H,19,23). The van der Waals surface area contributed by atoms with Crippen molar-refractivity contribution in [3.05, 3.63) is 35.9 Å². The zero-order valence-corrected chi connectivity index (χ0v) is 15.3. The van der Waals surface area contributed by atoms with Crippen molar-refractivity contribution in [3.63, 3.8) is 0 Å². The SMILES string of the molecule is Cc1ccc(-c2cc(NC(=O)COC(=O)CN3C(=O)CN(C)C3=O)on2)cc1. The van der Waals surface area contributed by atoms with Crippen molar-refractivity contribution >= 4 is 29.7 Å². The van der Waals surface area contributed by atoms with Gasteiger partial charge in [-0.05, 0) is 6.92 Å². The molecule has 1 aliphatic heterocycles. The van der Waals surface area contributed by atoms with Crippen molar-refractivity contribution < 1.29 is 28.4 Å². The van der Waals surface area contributed by atoms with Gasteiger partial charge >= 0.3 is 12.0 Å². The largest absolute Gasteiger partial charge is 0.454 e. The zero-order chi connectivity index (χ0) is 20.3. The molecule has 0 bridgehead atoms. The van der Waals surface area contributed by atoms with E-state index >= 15 is 0 Å². The number of nitrogens with zero attached hydrogens (tertiary/aromatic N) is 3. The summed E-state index contributed by atoms with van der Waals surface area (Å²) >= 11 is 0. The molecule has 10 nitrogen and oxygen atoms in total. The lowest BCUT2D eigenvalue weighted by atomic mass is 10.1. The fraction of sp³-hybridized carbons (Fsp3) is 0.278. The Kier molecular flexibility index (Phi) is 5.39. The molecule has 2 aromatic rings. The van der Waals surface area contributed by atoms with E-state index in [2.05, 4.69) is 10.5 Å². The van der Waals surface area contributed by atoms with Crippen LogP contribution in [0.15, 0.2) is 34.9 Å². The molecule has 0 saturated carbocycles. The Bertz CT molecular complexity index is 920. The van der Waals surface area contributed by atoms with E-state index in [9.17, 15) is 19.2 Å². The molecule has 1 fully saturated rings. The topological polar surface area (TPSA) is 122 Å². The molecule has 1 aromatic heterocycles. The molecule has 1 aliphatic rings. The van der Waals surface area contributed by atoms with Gasteiger partial charge in [-0.1, -0.05) is 35.0 Å². The lowest BCUT2D eigenvalue weighted by Gasteiger charge is -2.13. The number of hydrogen-bond acceptors (Lipinski definition) is 7. The van der Waals surface area contributed by atoms with E-state index in [1.807, 2.05) is 31.2 Å². The summed E-state index contributed by atoms with van der Waals surface area (Å²) in [7, 11) is 1.45. The number of ether oxygens (including phenoxy) is 1. The first-order valence-corrected chi connectivity index (χ1v) is 8.38. The smallest absolute Gasteiger partial charge is 0.327 e. The maximum Gasteiger partial charge on any atom is 0.327 e. The number of carbonyl (C=O) groups excluding carboxylic acids is 4. The monoisotopic (exact) mass is 386 g/mol. The van der Waals surface area contributed by atoms with E-state index in [1.165, 1.54) is 11.9 Å². The molecule has 0 radical (unpaired) electrons. The second-order valence-corrected chi connectivity index (χ2v) is 6.27. The van der Waals surface area contributed by atoms with Crippen LogP contribution in [-0.2, 0) is 19.1 Å². The number of nitrogens with one attached hydrogen (secondary N) is 1. The summed E-state index contributed by atoms with van der Waals surface area (Å²) in [5, 5.41) is 6.29. The molecule has 0 aliphatic carbocycles. The van der Waals surface area contributed by atoms with E-state index in [1.54, 1.807) is 6.07 Å². The van der Waals surface area contributed by atoms with Crippen molar-refractivity contribution in [2.45, 2.75) is 6.92 Å². The van der Waals surface area contributed by atoms with Crippen molar-refractivity contribution in [3.8, 4) is 11.3 Å². The summed E-state index contributed by atoms with van der Waals surface area (Å²) in [6.07, 6.45) is 0. The molecule has 4 amide bonds. The van der Waals surface area contributed by atoms with Gasteiger partial charge in [-0.3, -0.25) is 24.6 Å². The summed E-state index contributed by atoms with van der Waals surface area (Å²) < 4.78 is 9.85. The van der Waals surface area contributed by atoms with Crippen LogP contribution in [0.1, 0.15) is 5.56 Å². The third-order valence-corrected chi connectivity index (χ3v) is 4.00. The second kappa shape index (κ2) is 7.91. The summed E-state index contributed by atoms with van der Waals surface area (Å²) in [6.45, 7) is 0.731. The Labute approximate surface area is 160 Å². The number of benzene rings is 1. The summed E-state index contributed by atoms with van der Waals surface area (Å²) in [4.78, 5) is 48.9. The molecule has 2 heterocycles. The first kappa shape index (κ1) is 19.1. The van der Waals surface area contributed by atoms with Crippen LogP contribution in [0.4, 0.5) is 10.7 Å². The molecule has 1 N–H and O–H groups in total. The van der Waals surface area contributed by atoms with Gasteiger partial charge in [0.25, 0.3) is 11.8 Å². The Morgan fingerprint density at radius 1 is 1.25 bits per heavy atom. The van der Waals surface area contributed by atoms with Crippen molar-refractivity contribution in [2.75, 3.05) is 32.1 Å². The van der Waals surface area contributed by atoms with Gasteiger partial charge in [-0.15, -0.1) is 0 Å². The molecule has 3 rings (SSSR count). The quantitative estimate of drug-likeness (QED) is 0.581. The van der Waals surface area contributed by atoms with Gasteiger partial charge in [0.15, 0.2) is 6.61 Å². The van der Waals surface area contributed by atoms with Crippen LogP contribution >= 0.6 is 0 Å². The molecule has 28 heavy (non-hydrogen) atoms. The van der Waals surface area contributed by atoms with E-state index < -0.39 is 37.0 Å². The summed E-state index contributed by atoms with van der Waals surface area (Å²) in [5.41, 5.74) is 2.47. The fourth-order valence-corrected chi connectivity index (χ4v) is 2.51. The maximum absolute atomic E-state index is 11.9.